The number of rotatable bonds is 7. The van der Waals surface area contributed by atoms with Crippen LogP contribution in [0.2, 0.25) is 0 Å². The fraction of sp³-hybridized carbons (Fsp3) is 0.412. The molecule has 1 aromatic carbocycles. The minimum atomic E-state index is 0.510. The van der Waals surface area contributed by atoms with Gasteiger partial charge in [-0.3, -0.25) is 4.57 Å². The zero-order chi connectivity index (χ0) is 16.2. The number of aromatic nitrogens is 4. The second-order valence-electron chi connectivity index (χ2n) is 5.54. The molecule has 23 heavy (non-hydrogen) atoms. The number of para-hydroxylation sites is 1. The van der Waals surface area contributed by atoms with Crippen LogP contribution >= 0.6 is 11.8 Å². The Bertz CT molecular complexity index is 780. The van der Waals surface area contributed by atoms with Gasteiger partial charge in [0.2, 0.25) is 0 Å². The number of benzene rings is 1. The lowest BCUT2D eigenvalue weighted by molar-refractivity contribution is 0.185. The van der Waals surface area contributed by atoms with Crippen LogP contribution in [0.1, 0.15) is 20.3 Å². The Balaban J connectivity index is 2.04. The normalized spacial score (nSPS) is 12.8. The first-order valence-electron chi connectivity index (χ1n) is 7.89. The van der Waals surface area contributed by atoms with Crippen molar-refractivity contribution in [2.75, 3.05) is 13.7 Å². The van der Waals surface area contributed by atoms with Gasteiger partial charge < -0.3 is 9.72 Å². The number of nitrogens with zero attached hydrogens (tertiary/aromatic N) is 3. The monoisotopic (exact) mass is 330 g/mol. The van der Waals surface area contributed by atoms with Gasteiger partial charge in [-0.05, 0) is 12.5 Å². The van der Waals surface area contributed by atoms with Crippen molar-refractivity contribution in [2.24, 2.45) is 0 Å². The maximum Gasteiger partial charge on any atom is 0.191 e. The van der Waals surface area contributed by atoms with Crippen molar-refractivity contribution in [1.82, 2.24) is 19.7 Å². The fourth-order valence-corrected chi connectivity index (χ4v) is 3.40. The Morgan fingerprint density at radius 2 is 2.13 bits per heavy atom. The molecule has 1 N–H and O–H groups in total. The van der Waals surface area contributed by atoms with Crippen molar-refractivity contribution in [1.29, 1.82) is 0 Å². The third-order valence-electron chi connectivity index (χ3n) is 3.95. The van der Waals surface area contributed by atoms with E-state index in [1.807, 2.05) is 18.3 Å². The summed E-state index contributed by atoms with van der Waals surface area (Å²) in [7, 11) is 1.72. The number of ether oxygens (including phenoxy) is 1. The van der Waals surface area contributed by atoms with Gasteiger partial charge in [0.1, 0.15) is 0 Å². The lowest BCUT2D eigenvalue weighted by Crippen LogP contribution is -2.08. The maximum atomic E-state index is 5.27. The molecule has 0 saturated heterocycles. The van der Waals surface area contributed by atoms with Crippen molar-refractivity contribution < 1.29 is 4.74 Å². The first kappa shape index (κ1) is 16.1. The zero-order valence-corrected chi connectivity index (χ0v) is 14.6. The summed E-state index contributed by atoms with van der Waals surface area (Å²) in [6.45, 7) is 5.79. The molecule has 0 aliphatic carbocycles. The molecular weight excluding hydrogens is 308 g/mol. The van der Waals surface area contributed by atoms with E-state index in [0.29, 0.717) is 11.9 Å². The molecule has 3 aromatic rings. The van der Waals surface area contributed by atoms with Crippen molar-refractivity contribution in [3.8, 4) is 11.4 Å². The molecule has 0 radical (unpaired) electrons. The lowest BCUT2D eigenvalue weighted by Gasteiger charge is -2.11. The van der Waals surface area contributed by atoms with Crippen molar-refractivity contribution >= 4 is 22.7 Å². The van der Waals surface area contributed by atoms with Crippen LogP contribution in [-0.2, 0) is 11.3 Å². The number of thioether (sulfide) groups is 1. The van der Waals surface area contributed by atoms with Gasteiger partial charge in [-0.15, -0.1) is 10.2 Å². The molecule has 0 spiro atoms. The molecule has 0 bridgehead atoms. The van der Waals surface area contributed by atoms with Gasteiger partial charge in [0, 0.05) is 35.0 Å². The third kappa shape index (κ3) is 3.28. The van der Waals surface area contributed by atoms with Crippen LogP contribution in [0.25, 0.3) is 22.3 Å². The molecule has 0 aliphatic rings. The molecule has 2 aromatic heterocycles. The molecule has 0 fully saturated rings. The van der Waals surface area contributed by atoms with Gasteiger partial charge in [-0.2, -0.15) is 0 Å². The summed E-state index contributed by atoms with van der Waals surface area (Å²) in [6, 6.07) is 8.26. The smallest absolute Gasteiger partial charge is 0.191 e. The van der Waals surface area contributed by atoms with E-state index in [4.69, 9.17) is 4.74 Å². The van der Waals surface area contributed by atoms with Gasteiger partial charge >= 0.3 is 0 Å². The quantitative estimate of drug-likeness (QED) is 0.666. The average molecular weight is 330 g/mol. The minimum absolute atomic E-state index is 0.510. The van der Waals surface area contributed by atoms with E-state index in [0.717, 1.165) is 35.0 Å². The standard InChI is InChI=1S/C17H22N4OS/c1-4-12(2)23-17-20-19-16(21(17)9-10-22-3)14-11-18-15-8-6-5-7-13(14)15/h5-8,11-12,18H,4,9-10H2,1-3H3. The molecule has 3 rings (SSSR count). The van der Waals surface area contributed by atoms with Gasteiger partial charge in [0.25, 0.3) is 0 Å². The molecule has 0 saturated carbocycles. The number of aromatic amines is 1. The van der Waals surface area contributed by atoms with Crippen LogP contribution in [0.3, 0.4) is 0 Å². The van der Waals surface area contributed by atoms with E-state index in [2.05, 4.69) is 45.7 Å². The molecule has 122 valence electrons. The summed E-state index contributed by atoms with van der Waals surface area (Å²) >= 11 is 1.77. The van der Waals surface area contributed by atoms with E-state index in [9.17, 15) is 0 Å². The molecule has 2 heterocycles. The Morgan fingerprint density at radius 1 is 1.30 bits per heavy atom. The molecule has 6 heteroatoms. The Hall–Kier alpha value is -1.79. The van der Waals surface area contributed by atoms with E-state index < -0.39 is 0 Å². The molecule has 5 nitrogen and oxygen atoms in total. The van der Waals surface area contributed by atoms with Gasteiger partial charge in [0.15, 0.2) is 11.0 Å². The van der Waals surface area contributed by atoms with Crippen molar-refractivity contribution in [2.45, 2.75) is 37.2 Å². The number of hydrogen-bond acceptors (Lipinski definition) is 4. The van der Waals surface area contributed by atoms with Crippen LogP contribution in [-0.4, -0.2) is 38.7 Å². The van der Waals surface area contributed by atoms with E-state index >= 15 is 0 Å². The SMILES string of the molecule is CCC(C)Sc1nnc(-c2c[nH]c3ccccc23)n1CCOC. The van der Waals surface area contributed by atoms with E-state index in [1.54, 1.807) is 18.9 Å². The Morgan fingerprint density at radius 3 is 2.91 bits per heavy atom. The predicted molar refractivity (Wildman–Crippen MR) is 94.8 cm³/mol. The second kappa shape index (κ2) is 7.19. The molecule has 0 aliphatic heterocycles. The lowest BCUT2D eigenvalue weighted by atomic mass is 10.1. The topological polar surface area (TPSA) is 55.7 Å². The number of hydrogen-bond donors (Lipinski definition) is 1. The first-order valence-corrected chi connectivity index (χ1v) is 8.77. The number of fused-ring (bicyclic) bond motifs is 1. The van der Waals surface area contributed by atoms with Gasteiger partial charge in [0.05, 0.1) is 13.2 Å². The van der Waals surface area contributed by atoms with Gasteiger partial charge in [-0.25, -0.2) is 0 Å². The number of methoxy groups -OCH3 is 1. The largest absolute Gasteiger partial charge is 0.383 e. The molecule has 0 amide bonds. The van der Waals surface area contributed by atoms with E-state index in [1.165, 1.54) is 5.39 Å². The average Bonchev–Trinajstić information content (AvgIpc) is 3.16. The molecule has 1 unspecified atom stereocenters. The van der Waals surface area contributed by atoms with Crippen LogP contribution in [0, 0.1) is 0 Å². The van der Waals surface area contributed by atoms with Gasteiger partial charge in [-0.1, -0.05) is 43.8 Å². The highest BCUT2D eigenvalue weighted by Crippen LogP contribution is 2.31. The summed E-state index contributed by atoms with van der Waals surface area (Å²) in [5.41, 5.74) is 2.19. The van der Waals surface area contributed by atoms with Crippen LogP contribution < -0.4 is 0 Å². The third-order valence-corrected chi connectivity index (χ3v) is 5.20. The highest BCUT2D eigenvalue weighted by atomic mass is 32.2. The van der Waals surface area contributed by atoms with Crippen LogP contribution in [0.5, 0.6) is 0 Å². The summed E-state index contributed by atoms with van der Waals surface area (Å²) in [6.07, 6.45) is 3.11. The zero-order valence-electron chi connectivity index (χ0n) is 13.7. The molecular formula is C17H22N4OS. The van der Waals surface area contributed by atoms with Crippen LogP contribution in [0.15, 0.2) is 35.6 Å². The Kier molecular flexibility index (Phi) is 5.03. The summed E-state index contributed by atoms with van der Waals surface area (Å²) in [4.78, 5) is 3.31. The predicted octanol–water partition coefficient (Wildman–Crippen LogP) is 3.96. The van der Waals surface area contributed by atoms with Crippen molar-refractivity contribution in [3.05, 3.63) is 30.5 Å². The van der Waals surface area contributed by atoms with E-state index in [-0.39, 0.29) is 0 Å². The Labute approximate surface area is 140 Å². The highest BCUT2D eigenvalue weighted by molar-refractivity contribution is 7.99. The highest BCUT2D eigenvalue weighted by Gasteiger charge is 2.18. The minimum Gasteiger partial charge on any atom is -0.383 e. The summed E-state index contributed by atoms with van der Waals surface area (Å²) < 4.78 is 7.43. The number of nitrogens with one attached hydrogen (secondary N) is 1. The first-order chi connectivity index (χ1) is 11.2. The molecule has 1 atom stereocenters. The summed E-state index contributed by atoms with van der Waals surface area (Å²) in [5.74, 6) is 0.894. The summed E-state index contributed by atoms with van der Waals surface area (Å²) in [5, 5.41) is 11.5. The number of H-pyrrole nitrogens is 1. The van der Waals surface area contributed by atoms with Crippen LogP contribution in [0.4, 0.5) is 0 Å². The maximum absolute atomic E-state index is 5.27. The van der Waals surface area contributed by atoms with Crippen molar-refractivity contribution in [3.63, 3.8) is 0 Å². The fourth-order valence-electron chi connectivity index (χ4n) is 2.48. The second-order valence-corrected chi connectivity index (χ2v) is 6.94.